The van der Waals surface area contributed by atoms with Gasteiger partial charge in [-0.25, -0.2) is 9.97 Å². The van der Waals surface area contributed by atoms with Gasteiger partial charge in [0.15, 0.2) is 5.82 Å². The standard InChI is InChI=1S/C47H26N4O2/c48-27-37-44(28-11-3-1-4-12-28)49-47(50-45(37)29-13-5-2-6-14-29)30-19-21-33-34-22-20-31(26-42(34)52-41(33)25-30)51-38-17-9-7-16-36(38)43-39(51)24-23-35-32-15-8-10-18-40(32)53-46(35)43/h1-26H. The Morgan fingerprint density at radius 3 is 1.81 bits per heavy atom. The van der Waals surface area contributed by atoms with Crippen molar-refractivity contribution in [3.8, 4) is 45.7 Å². The van der Waals surface area contributed by atoms with E-state index >= 15 is 0 Å². The normalized spacial score (nSPS) is 11.8. The van der Waals surface area contributed by atoms with Crippen LogP contribution in [-0.4, -0.2) is 14.5 Å². The maximum atomic E-state index is 10.3. The maximum Gasteiger partial charge on any atom is 0.160 e. The van der Waals surface area contributed by atoms with Gasteiger partial charge in [0.05, 0.1) is 27.8 Å². The van der Waals surface area contributed by atoms with E-state index < -0.39 is 0 Å². The summed E-state index contributed by atoms with van der Waals surface area (Å²) in [5.41, 5.74) is 10.6. The molecule has 0 radical (unpaired) electrons. The lowest BCUT2D eigenvalue weighted by Gasteiger charge is -2.12. The van der Waals surface area contributed by atoms with Gasteiger partial charge in [0, 0.05) is 55.4 Å². The average molecular weight is 679 g/mol. The minimum atomic E-state index is 0.439. The molecule has 0 amide bonds. The van der Waals surface area contributed by atoms with Crippen molar-refractivity contribution in [1.29, 1.82) is 5.26 Å². The van der Waals surface area contributed by atoms with Crippen LogP contribution in [0.3, 0.4) is 0 Å². The van der Waals surface area contributed by atoms with E-state index in [9.17, 15) is 5.26 Å². The molecule has 11 aromatic rings. The van der Waals surface area contributed by atoms with E-state index in [1.807, 2.05) is 84.9 Å². The fourth-order valence-corrected chi connectivity index (χ4v) is 7.86. The molecule has 246 valence electrons. The first-order chi connectivity index (χ1) is 26.2. The van der Waals surface area contributed by atoms with E-state index in [4.69, 9.17) is 18.8 Å². The lowest BCUT2D eigenvalue weighted by Crippen LogP contribution is -2.01. The molecule has 0 unspecified atom stereocenters. The predicted molar refractivity (Wildman–Crippen MR) is 212 cm³/mol. The van der Waals surface area contributed by atoms with Crippen LogP contribution in [0.5, 0.6) is 0 Å². The maximum absolute atomic E-state index is 10.3. The monoisotopic (exact) mass is 678 g/mol. The zero-order chi connectivity index (χ0) is 35.0. The number of benzene rings is 7. The number of para-hydroxylation sites is 2. The van der Waals surface area contributed by atoms with Gasteiger partial charge >= 0.3 is 0 Å². The lowest BCUT2D eigenvalue weighted by molar-refractivity contribution is 0.668. The summed E-state index contributed by atoms with van der Waals surface area (Å²) in [5.74, 6) is 0.520. The van der Waals surface area contributed by atoms with Crippen molar-refractivity contribution in [2.24, 2.45) is 0 Å². The summed E-state index contributed by atoms with van der Waals surface area (Å²) < 4.78 is 15.4. The molecule has 0 bridgehead atoms. The summed E-state index contributed by atoms with van der Waals surface area (Å²) in [6, 6.07) is 55.5. The quantitative estimate of drug-likeness (QED) is 0.185. The average Bonchev–Trinajstić information content (AvgIpc) is 3.89. The fraction of sp³-hybridized carbons (Fsp3) is 0. The molecular weight excluding hydrogens is 653 g/mol. The second kappa shape index (κ2) is 11.3. The van der Waals surface area contributed by atoms with Crippen LogP contribution in [0.15, 0.2) is 167 Å². The smallest absolute Gasteiger partial charge is 0.160 e. The molecule has 0 aliphatic rings. The van der Waals surface area contributed by atoms with Crippen molar-refractivity contribution in [2.75, 3.05) is 0 Å². The van der Waals surface area contributed by atoms with Crippen molar-refractivity contribution in [1.82, 2.24) is 14.5 Å². The molecule has 0 atom stereocenters. The number of hydrogen-bond acceptors (Lipinski definition) is 5. The molecule has 0 aliphatic heterocycles. The van der Waals surface area contributed by atoms with Gasteiger partial charge in [-0.1, -0.05) is 103 Å². The number of rotatable bonds is 4. The molecule has 0 fully saturated rings. The van der Waals surface area contributed by atoms with E-state index in [2.05, 4.69) is 83.4 Å². The first-order valence-corrected chi connectivity index (χ1v) is 17.5. The third kappa shape index (κ3) is 4.38. The van der Waals surface area contributed by atoms with Crippen molar-refractivity contribution < 1.29 is 8.83 Å². The molecule has 0 saturated heterocycles. The van der Waals surface area contributed by atoms with E-state index in [1.165, 1.54) is 0 Å². The molecule has 6 heteroatoms. The van der Waals surface area contributed by atoms with Gasteiger partial charge in [-0.2, -0.15) is 5.26 Å². The third-order valence-corrected chi connectivity index (χ3v) is 10.3. The largest absolute Gasteiger partial charge is 0.456 e. The Morgan fingerprint density at radius 1 is 0.472 bits per heavy atom. The molecule has 4 aromatic heterocycles. The van der Waals surface area contributed by atoms with Gasteiger partial charge in [-0.15, -0.1) is 0 Å². The minimum absolute atomic E-state index is 0.439. The van der Waals surface area contributed by atoms with Crippen molar-refractivity contribution in [3.05, 3.63) is 163 Å². The Labute approximate surface area is 302 Å². The van der Waals surface area contributed by atoms with Crippen molar-refractivity contribution in [3.63, 3.8) is 0 Å². The highest BCUT2D eigenvalue weighted by Gasteiger charge is 2.21. The number of furan rings is 2. The Morgan fingerprint density at radius 2 is 1.08 bits per heavy atom. The molecule has 7 aromatic carbocycles. The topological polar surface area (TPSA) is 80.8 Å². The summed E-state index contributed by atoms with van der Waals surface area (Å²) in [4.78, 5) is 9.97. The minimum Gasteiger partial charge on any atom is -0.456 e. The third-order valence-electron chi connectivity index (χ3n) is 10.3. The van der Waals surface area contributed by atoms with Gasteiger partial charge < -0.3 is 13.4 Å². The summed E-state index contributed by atoms with van der Waals surface area (Å²) in [6.45, 7) is 0. The van der Waals surface area contributed by atoms with Gasteiger partial charge in [0.1, 0.15) is 34.0 Å². The molecule has 6 nitrogen and oxygen atoms in total. The molecule has 0 spiro atoms. The van der Waals surface area contributed by atoms with Crippen molar-refractivity contribution in [2.45, 2.75) is 0 Å². The molecule has 53 heavy (non-hydrogen) atoms. The first kappa shape index (κ1) is 29.3. The molecule has 11 rings (SSSR count). The number of fused-ring (bicyclic) bond motifs is 10. The summed E-state index contributed by atoms with van der Waals surface area (Å²) in [5, 5.41) is 16.8. The van der Waals surface area contributed by atoms with Crippen LogP contribution in [0, 0.1) is 11.3 Å². The number of nitrogens with zero attached hydrogens (tertiary/aromatic N) is 4. The Kier molecular flexibility index (Phi) is 6.22. The van der Waals surface area contributed by atoms with E-state index in [1.54, 1.807) is 0 Å². The fourth-order valence-electron chi connectivity index (χ4n) is 7.86. The zero-order valence-electron chi connectivity index (χ0n) is 28.1. The predicted octanol–water partition coefficient (Wildman–Crippen LogP) is 12.2. The lowest BCUT2D eigenvalue weighted by atomic mass is 10.00. The van der Waals surface area contributed by atoms with Gasteiger partial charge in [0.2, 0.25) is 0 Å². The van der Waals surface area contributed by atoms with Gasteiger partial charge in [-0.3, -0.25) is 0 Å². The van der Waals surface area contributed by atoms with Crippen molar-refractivity contribution >= 4 is 65.7 Å². The highest BCUT2D eigenvalue weighted by atomic mass is 16.3. The van der Waals surface area contributed by atoms with Crippen LogP contribution in [0.25, 0.3) is 105 Å². The highest BCUT2D eigenvalue weighted by Crippen LogP contribution is 2.42. The van der Waals surface area contributed by atoms with Crippen LogP contribution in [-0.2, 0) is 0 Å². The molecule has 0 aliphatic carbocycles. The molecule has 0 N–H and O–H groups in total. The molecule has 4 heterocycles. The Balaban J connectivity index is 1.08. The summed E-state index contributed by atoms with van der Waals surface area (Å²) in [7, 11) is 0. The van der Waals surface area contributed by atoms with Gasteiger partial charge in [0.25, 0.3) is 0 Å². The second-order valence-corrected chi connectivity index (χ2v) is 13.2. The van der Waals surface area contributed by atoms with Crippen LogP contribution < -0.4 is 0 Å². The Hall–Kier alpha value is -7.49. The van der Waals surface area contributed by atoms with Gasteiger partial charge in [-0.05, 0) is 48.5 Å². The summed E-state index contributed by atoms with van der Waals surface area (Å²) in [6.07, 6.45) is 0. The van der Waals surface area contributed by atoms with Crippen LogP contribution in [0.4, 0.5) is 0 Å². The second-order valence-electron chi connectivity index (χ2n) is 13.2. The van der Waals surface area contributed by atoms with E-state index in [0.717, 1.165) is 88.1 Å². The number of hydrogen-bond donors (Lipinski definition) is 0. The van der Waals surface area contributed by atoms with Crippen LogP contribution in [0.1, 0.15) is 5.56 Å². The number of nitriles is 1. The molecule has 0 saturated carbocycles. The summed E-state index contributed by atoms with van der Waals surface area (Å²) >= 11 is 0. The highest BCUT2D eigenvalue weighted by molar-refractivity contribution is 6.24. The number of aromatic nitrogens is 3. The first-order valence-electron chi connectivity index (χ1n) is 17.5. The van der Waals surface area contributed by atoms with Crippen LogP contribution in [0.2, 0.25) is 0 Å². The van der Waals surface area contributed by atoms with E-state index in [-0.39, 0.29) is 0 Å². The Bertz CT molecular complexity index is 3230. The molecular formula is C47H26N4O2. The zero-order valence-corrected chi connectivity index (χ0v) is 28.1. The van der Waals surface area contributed by atoms with E-state index in [0.29, 0.717) is 22.8 Å². The van der Waals surface area contributed by atoms with Crippen LogP contribution >= 0.6 is 0 Å². The SMILES string of the molecule is N#Cc1c(-c2ccccc2)nc(-c2ccc3c(c2)oc2cc(-n4c5ccccc5c5c6oc7ccccc7c6ccc54)ccc23)nc1-c1ccccc1.